The number of hydrogen-bond acceptors (Lipinski definition) is 3. The predicted molar refractivity (Wildman–Crippen MR) is 55.1 cm³/mol. The Balaban J connectivity index is 3.24. The van der Waals surface area contributed by atoms with E-state index in [0.29, 0.717) is 0 Å². The third-order valence-electron chi connectivity index (χ3n) is 1.59. The summed E-state index contributed by atoms with van der Waals surface area (Å²) in [5, 5.41) is 0. The number of nitrogens with zero attached hydrogens (tertiary/aromatic N) is 1. The van der Waals surface area contributed by atoms with Crippen molar-refractivity contribution in [1.29, 1.82) is 0 Å². The Morgan fingerprint density at radius 1 is 1.29 bits per heavy atom. The van der Waals surface area contributed by atoms with Crippen molar-refractivity contribution in [3.8, 4) is 11.5 Å². The second kappa shape index (κ2) is 5.19. The monoisotopic (exact) mass is 369 g/mol. The van der Waals surface area contributed by atoms with Gasteiger partial charge >= 0.3 is 6.36 Å². The highest BCUT2D eigenvalue weighted by Gasteiger charge is 2.34. The number of aromatic nitrogens is 1. The minimum absolute atomic E-state index is 0.0231. The van der Waals surface area contributed by atoms with Crippen LogP contribution in [0.5, 0.6) is 11.5 Å². The van der Waals surface area contributed by atoms with Crippen LogP contribution in [0.3, 0.4) is 0 Å². The van der Waals surface area contributed by atoms with Crippen LogP contribution < -0.4 is 9.47 Å². The maximum absolute atomic E-state index is 12.5. The fourth-order valence-electron chi connectivity index (χ4n) is 0.974. The molecule has 1 heterocycles. The standard InChI is InChI=1S/C8H5F5INO2/c1-16-4-2-3(17-8(11,12)13)5(6(9)10)15-7(4)14/h2,6H,1H3. The first-order valence-electron chi connectivity index (χ1n) is 4.03. The maximum atomic E-state index is 12.5. The molecule has 0 fully saturated rings. The molecule has 0 aliphatic rings. The van der Waals surface area contributed by atoms with E-state index in [1.54, 1.807) is 22.6 Å². The molecule has 0 aromatic carbocycles. The van der Waals surface area contributed by atoms with Gasteiger partial charge in [-0.15, -0.1) is 13.2 Å². The Bertz CT molecular complexity index is 410. The Morgan fingerprint density at radius 3 is 2.29 bits per heavy atom. The molecule has 0 aliphatic carbocycles. The summed E-state index contributed by atoms with van der Waals surface area (Å²) in [6.45, 7) is 0. The van der Waals surface area contributed by atoms with E-state index in [-0.39, 0.29) is 9.45 Å². The van der Waals surface area contributed by atoms with E-state index >= 15 is 0 Å². The normalized spacial score (nSPS) is 11.8. The van der Waals surface area contributed by atoms with Gasteiger partial charge in [-0.25, -0.2) is 13.8 Å². The minimum Gasteiger partial charge on any atom is -0.494 e. The van der Waals surface area contributed by atoms with E-state index in [9.17, 15) is 22.0 Å². The van der Waals surface area contributed by atoms with Gasteiger partial charge in [-0.1, -0.05) is 0 Å². The molecular formula is C8H5F5INO2. The molecule has 0 saturated carbocycles. The summed E-state index contributed by atoms with van der Waals surface area (Å²) >= 11 is 1.57. The van der Waals surface area contributed by atoms with Gasteiger partial charge in [0.05, 0.1) is 7.11 Å². The third kappa shape index (κ3) is 3.82. The first-order valence-corrected chi connectivity index (χ1v) is 5.10. The van der Waals surface area contributed by atoms with Crippen LogP contribution in [0, 0.1) is 3.70 Å². The van der Waals surface area contributed by atoms with Gasteiger partial charge in [-0.05, 0) is 22.6 Å². The molecule has 1 aromatic heterocycles. The SMILES string of the molecule is COc1cc(OC(F)(F)F)c(C(F)F)nc1I. The summed E-state index contributed by atoms with van der Waals surface area (Å²) in [7, 11) is 1.18. The van der Waals surface area contributed by atoms with Gasteiger partial charge in [0, 0.05) is 6.07 Å². The van der Waals surface area contributed by atoms with Gasteiger partial charge in [0.15, 0.2) is 17.2 Å². The van der Waals surface area contributed by atoms with Crippen LogP contribution in [0.25, 0.3) is 0 Å². The van der Waals surface area contributed by atoms with Crippen molar-refractivity contribution in [2.75, 3.05) is 7.11 Å². The number of methoxy groups -OCH3 is 1. The molecule has 0 amide bonds. The van der Waals surface area contributed by atoms with Crippen LogP contribution in [0.15, 0.2) is 6.07 Å². The van der Waals surface area contributed by atoms with E-state index in [0.717, 1.165) is 6.07 Å². The Morgan fingerprint density at radius 2 is 1.88 bits per heavy atom. The molecule has 0 saturated heterocycles. The number of ether oxygens (including phenoxy) is 2. The fraction of sp³-hybridized carbons (Fsp3) is 0.375. The van der Waals surface area contributed by atoms with Gasteiger partial charge in [0.1, 0.15) is 3.70 Å². The average Bonchev–Trinajstić information content (AvgIpc) is 2.17. The molecule has 0 spiro atoms. The zero-order valence-corrected chi connectivity index (χ0v) is 10.3. The molecule has 0 aliphatic heterocycles. The Hall–Kier alpha value is -0.870. The molecule has 0 radical (unpaired) electrons. The van der Waals surface area contributed by atoms with Gasteiger partial charge in [0.2, 0.25) is 0 Å². The first-order chi connectivity index (χ1) is 7.74. The number of halogens is 6. The number of hydrogen-bond donors (Lipinski definition) is 0. The third-order valence-corrected chi connectivity index (χ3v) is 2.36. The summed E-state index contributed by atoms with van der Waals surface area (Å²) in [5.41, 5.74) is -1.08. The van der Waals surface area contributed by atoms with Gasteiger partial charge in [-0.2, -0.15) is 0 Å². The van der Waals surface area contributed by atoms with Crippen LogP contribution in [-0.4, -0.2) is 18.5 Å². The van der Waals surface area contributed by atoms with Crippen molar-refractivity contribution in [3.05, 3.63) is 15.5 Å². The lowest BCUT2D eigenvalue weighted by Gasteiger charge is -2.14. The van der Waals surface area contributed by atoms with Gasteiger partial charge < -0.3 is 9.47 Å². The van der Waals surface area contributed by atoms with Crippen LogP contribution in [0.2, 0.25) is 0 Å². The highest BCUT2D eigenvalue weighted by molar-refractivity contribution is 14.1. The van der Waals surface area contributed by atoms with Crippen LogP contribution in [0.4, 0.5) is 22.0 Å². The van der Waals surface area contributed by atoms with Crippen molar-refractivity contribution >= 4 is 22.6 Å². The van der Waals surface area contributed by atoms with Gasteiger partial charge in [-0.3, -0.25) is 0 Å². The van der Waals surface area contributed by atoms with Crippen molar-refractivity contribution in [3.63, 3.8) is 0 Å². The van der Waals surface area contributed by atoms with E-state index in [1.807, 2.05) is 0 Å². The zero-order valence-electron chi connectivity index (χ0n) is 8.19. The van der Waals surface area contributed by atoms with Gasteiger partial charge in [0.25, 0.3) is 6.43 Å². The predicted octanol–water partition coefficient (Wildman–Crippen LogP) is 3.53. The highest BCUT2D eigenvalue weighted by atomic mass is 127. The number of rotatable bonds is 3. The summed E-state index contributed by atoms with van der Waals surface area (Å²) in [5.74, 6) is -1.14. The van der Waals surface area contributed by atoms with E-state index in [2.05, 4.69) is 14.5 Å². The molecule has 96 valence electrons. The molecule has 0 N–H and O–H groups in total. The van der Waals surface area contributed by atoms with Crippen molar-refractivity contribution in [2.24, 2.45) is 0 Å². The number of pyridine rings is 1. The maximum Gasteiger partial charge on any atom is 0.573 e. The minimum atomic E-state index is -5.07. The van der Waals surface area contributed by atoms with Crippen molar-refractivity contribution < 1.29 is 31.4 Å². The lowest BCUT2D eigenvalue weighted by atomic mass is 10.3. The fourth-order valence-corrected chi connectivity index (χ4v) is 1.61. The highest BCUT2D eigenvalue weighted by Crippen LogP contribution is 2.35. The largest absolute Gasteiger partial charge is 0.573 e. The summed E-state index contributed by atoms with van der Waals surface area (Å²) in [6.07, 6.45) is -8.24. The summed E-state index contributed by atoms with van der Waals surface area (Å²) < 4.78 is 69.0. The second-order valence-corrected chi connectivity index (χ2v) is 3.74. The first kappa shape index (κ1) is 14.2. The molecule has 1 rings (SSSR count). The second-order valence-electron chi connectivity index (χ2n) is 2.71. The molecule has 0 unspecified atom stereocenters. The molecule has 0 atom stereocenters. The molecule has 17 heavy (non-hydrogen) atoms. The van der Waals surface area contributed by atoms with Crippen LogP contribution in [0.1, 0.15) is 12.1 Å². The molecule has 0 bridgehead atoms. The lowest BCUT2D eigenvalue weighted by Crippen LogP contribution is -2.19. The van der Waals surface area contributed by atoms with Crippen molar-refractivity contribution in [2.45, 2.75) is 12.8 Å². The number of alkyl halides is 5. The molecular weight excluding hydrogens is 364 g/mol. The molecule has 9 heteroatoms. The molecule has 3 nitrogen and oxygen atoms in total. The Kier molecular flexibility index (Phi) is 4.33. The summed E-state index contributed by atoms with van der Waals surface area (Å²) in [4.78, 5) is 3.31. The van der Waals surface area contributed by atoms with E-state index in [1.165, 1.54) is 7.11 Å². The van der Waals surface area contributed by atoms with Crippen molar-refractivity contribution in [1.82, 2.24) is 4.98 Å². The molecule has 1 aromatic rings. The smallest absolute Gasteiger partial charge is 0.494 e. The summed E-state index contributed by atoms with van der Waals surface area (Å²) in [6, 6.07) is 0.726. The average molecular weight is 369 g/mol. The van der Waals surface area contributed by atoms with E-state index < -0.39 is 24.2 Å². The van der Waals surface area contributed by atoms with Crippen LogP contribution >= 0.6 is 22.6 Å². The zero-order chi connectivity index (χ0) is 13.2. The quantitative estimate of drug-likeness (QED) is 0.464. The van der Waals surface area contributed by atoms with Crippen LogP contribution in [-0.2, 0) is 0 Å². The topological polar surface area (TPSA) is 31.4 Å². The lowest BCUT2D eigenvalue weighted by molar-refractivity contribution is -0.275. The Labute approximate surface area is 106 Å². The van der Waals surface area contributed by atoms with E-state index in [4.69, 9.17) is 0 Å².